The third-order valence-electron chi connectivity index (χ3n) is 4.15. The second-order valence-electron chi connectivity index (χ2n) is 6.21. The first-order valence-electron chi connectivity index (χ1n) is 8.55. The van der Waals surface area contributed by atoms with Crippen molar-refractivity contribution in [2.24, 2.45) is 0 Å². The van der Waals surface area contributed by atoms with E-state index in [1.807, 2.05) is 30.3 Å². The normalized spacial score (nSPS) is 14.7. The first-order valence-corrected chi connectivity index (χ1v) is 8.55. The number of rotatable bonds is 6. The molecule has 1 fully saturated rings. The van der Waals surface area contributed by atoms with Crippen LogP contribution in [0.2, 0.25) is 0 Å². The summed E-state index contributed by atoms with van der Waals surface area (Å²) < 4.78 is 1.53. The smallest absolute Gasteiger partial charge is 0.248 e. The zero-order valence-electron chi connectivity index (χ0n) is 14.0. The van der Waals surface area contributed by atoms with Gasteiger partial charge in [0.05, 0.1) is 11.9 Å². The number of amides is 2. The van der Waals surface area contributed by atoms with Gasteiger partial charge in [-0.3, -0.25) is 14.3 Å². The van der Waals surface area contributed by atoms with Gasteiger partial charge in [0.15, 0.2) is 0 Å². The summed E-state index contributed by atoms with van der Waals surface area (Å²) in [5.41, 5.74) is 1.52. The fraction of sp³-hybridized carbons (Fsp3) is 0.316. The van der Waals surface area contributed by atoms with Crippen LogP contribution in [0.15, 0.2) is 48.8 Å². The molecule has 1 aromatic carbocycles. The third kappa shape index (κ3) is 5.31. The van der Waals surface area contributed by atoms with Gasteiger partial charge in [-0.1, -0.05) is 43.2 Å². The lowest BCUT2D eigenvalue weighted by atomic mass is 10.2. The molecule has 1 aromatic heterocycles. The average molecular weight is 338 g/mol. The highest BCUT2D eigenvalue weighted by Crippen LogP contribution is 2.17. The number of anilines is 1. The minimum atomic E-state index is -0.237. The van der Waals surface area contributed by atoms with Crippen LogP contribution in [0.4, 0.5) is 5.69 Å². The van der Waals surface area contributed by atoms with E-state index in [-0.39, 0.29) is 18.4 Å². The van der Waals surface area contributed by atoms with E-state index in [1.165, 1.54) is 29.8 Å². The summed E-state index contributed by atoms with van der Waals surface area (Å²) >= 11 is 0. The number of carbonyl (C=O) groups excluding carboxylic acids is 2. The zero-order valence-corrected chi connectivity index (χ0v) is 14.0. The van der Waals surface area contributed by atoms with Crippen molar-refractivity contribution >= 4 is 23.6 Å². The fourth-order valence-electron chi connectivity index (χ4n) is 2.93. The third-order valence-corrected chi connectivity index (χ3v) is 4.15. The molecular formula is C19H22N4O2. The monoisotopic (exact) mass is 338 g/mol. The van der Waals surface area contributed by atoms with Crippen molar-refractivity contribution in [3.05, 3.63) is 54.4 Å². The molecule has 0 radical (unpaired) electrons. The van der Waals surface area contributed by atoms with Crippen molar-refractivity contribution in [3.63, 3.8) is 0 Å². The minimum absolute atomic E-state index is 0.0446. The molecule has 0 bridgehead atoms. The Morgan fingerprint density at radius 3 is 2.72 bits per heavy atom. The van der Waals surface area contributed by atoms with E-state index < -0.39 is 0 Å². The van der Waals surface area contributed by atoms with Crippen LogP contribution < -0.4 is 10.6 Å². The number of hydrogen-bond acceptors (Lipinski definition) is 3. The van der Waals surface area contributed by atoms with Gasteiger partial charge in [0, 0.05) is 18.3 Å². The molecule has 1 aliphatic carbocycles. The van der Waals surface area contributed by atoms with Crippen molar-refractivity contribution < 1.29 is 9.59 Å². The highest BCUT2D eigenvalue weighted by Gasteiger charge is 2.17. The maximum atomic E-state index is 12.0. The Morgan fingerprint density at radius 2 is 1.96 bits per heavy atom. The van der Waals surface area contributed by atoms with E-state index in [0.717, 1.165) is 18.4 Å². The van der Waals surface area contributed by atoms with Crippen molar-refractivity contribution in [1.82, 2.24) is 15.1 Å². The van der Waals surface area contributed by atoms with Crippen LogP contribution in [-0.4, -0.2) is 27.6 Å². The molecule has 2 aromatic rings. The highest BCUT2D eigenvalue weighted by molar-refractivity contribution is 6.01. The lowest BCUT2D eigenvalue weighted by Gasteiger charge is -2.11. The molecule has 1 heterocycles. The number of hydrogen-bond donors (Lipinski definition) is 2. The molecule has 2 N–H and O–H groups in total. The van der Waals surface area contributed by atoms with Crippen LogP contribution in [-0.2, 0) is 16.1 Å². The van der Waals surface area contributed by atoms with E-state index in [1.54, 1.807) is 12.3 Å². The van der Waals surface area contributed by atoms with Crippen molar-refractivity contribution in [1.29, 1.82) is 0 Å². The van der Waals surface area contributed by atoms with E-state index in [4.69, 9.17) is 0 Å². The van der Waals surface area contributed by atoms with E-state index >= 15 is 0 Å². The minimum Gasteiger partial charge on any atom is -0.352 e. The molecule has 1 saturated carbocycles. The standard InChI is InChI=1S/C19H22N4O2/c24-18(11-10-15-6-2-1-3-7-15)22-17-12-20-23(13-17)14-19(25)21-16-8-4-5-9-16/h1-3,6-7,10-13,16H,4-5,8-9,14H2,(H,21,25)(H,22,24)/b11-10-. The van der Waals surface area contributed by atoms with Crippen LogP contribution in [0, 0.1) is 0 Å². The Morgan fingerprint density at radius 1 is 1.20 bits per heavy atom. The van der Waals surface area contributed by atoms with Gasteiger partial charge in [0.1, 0.15) is 6.54 Å². The molecule has 0 spiro atoms. The molecule has 0 atom stereocenters. The Bertz CT molecular complexity index is 746. The van der Waals surface area contributed by atoms with Crippen molar-refractivity contribution in [2.45, 2.75) is 38.3 Å². The van der Waals surface area contributed by atoms with Gasteiger partial charge in [0.25, 0.3) is 0 Å². The summed E-state index contributed by atoms with van der Waals surface area (Å²) in [5.74, 6) is -0.282. The number of benzene rings is 1. The molecule has 2 amide bonds. The second kappa shape index (κ2) is 8.28. The Labute approximate surface area is 146 Å². The largest absolute Gasteiger partial charge is 0.352 e. The zero-order chi connectivity index (χ0) is 17.5. The first-order chi connectivity index (χ1) is 12.2. The Hall–Kier alpha value is -2.89. The molecule has 0 saturated heterocycles. The Kier molecular flexibility index (Phi) is 5.61. The quantitative estimate of drug-likeness (QED) is 0.795. The van der Waals surface area contributed by atoms with E-state index in [0.29, 0.717) is 11.7 Å². The summed E-state index contributed by atoms with van der Waals surface area (Å²) in [4.78, 5) is 23.9. The van der Waals surface area contributed by atoms with E-state index in [2.05, 4.69) is 15.7 Å². The van der Waals surface area contributed by atoms with Crippen molar-refractivity contribution in [2.75, 3.05) is 5.32 Å². The van der Waals surface area contributed by atoms with Crippen LogP contribution >= 0.6 is 0 Å². The molecule has 3 rings (SSSR count). The molecular weight excluding hydrogens is 316 g/mol. The maximum Gasteiger partial charge on any atom is 0.248 e. The van der Waals surface area contributed by atoms with Gasteiger partial charge in [-0.15, -0.1) is 0 Å². The molecule has 25 heavy (non-hydrogen) atoms. The molecule has 0 unspecified atom stereocenters. The van der Waals surface area contributed by atoms with Crippen LogP contribution in [0.3, 0.4) is 0 Å². The van der Waals surface area contributed by atoms with Gasteiger partial charge >= 0.3 is 0 Å². The lowest BCUT2D eigenvalue weighted by Crippen LogP contribution is -2.35. The summed E-state index contributed by atoms with van der Waals surface area (Å²) in [6.07, 6.45) is 10.9. The first kappa shape index (κ1) is 17.0. The predicted octanol–water partition coefficient (Wildman–Crippen LogP) is 2.59. The summed E-state index contributed by atoms with van der Waals surface area (Å²) in [6, 6.07) is 9.89. The summed E-state index contributed by atoms with van der Waals surface area (Å²) in [6.45, 7) is 0.159. The van der Waals surface area contributed by atoms with Gasteiger partial charge in [-0.2, -0.15) is 5.10 Å². The fourth-order valence-corrected chi connectivity index (χ4v) is 2.93. The van der Waals surface area contributed by atoms with Crippen LogP contribution in [0.25, 0.3) is 6.08 Å². The Balaban J connectivity index is 1.48. The summed E-state index contributed by atoms with van der Waals surface area (Å²) in [7, 11) is 0. The molecule has 6 heteroatoms. The molecule has 6 nitrogen and oxygen atoms in total. The number of nitrogens with zero attached hydrogens (tertiary/aromatic N) is 2. The maximum absolute atomic E-state index is 12.0. The van der Waals surface area contributed by atoms with Gasteiger partial charge < -0.3 is 10.6 Å². The lowest BCUT2D eigenvalue weighted by molar-refractivity contribution is -0.122. The number of aromatic nitrogens is 2. The number of nitrogens with one attached hydrogen (secondary N) is 2. The van der Waals surface area contributed by atoms with Crippen molar-refractivity contribution in [3.8, 4) is 0 Å². The second-order valence-corrected chi connectivity index (χ2v) is 6.21. The van der Waals surface area contributed by atoms with Crippen LogP contribution in [0.5, 0.6) is 0 Å². The predicted molar refractivity (Wildman–Crippen MR) is 96.7 cm³/mol. The average Bonchev–Trinajstić information content (AvgIpc) is 3.26. The van der Waals surface area contributed by atoms with Gasteiger partial charge in [-0.05, 0) is 24.5 Å². The van der Waals surface area contributed by atoms with Crippen LogP contribution in [0.1, 0.15) is 31.2 Å². The van der Waals surface area contributed by atoms with E-state index in [9.17, 15) is 9.59 Å². The molecule has 1 aliphatic rings. The SMILES string of the molecule is O=C(/C=C\c1ccccc1)Nc1cnn(CC(=O)NC2CCCC2)c1. The molecule has 130 valence electrons. The summed E-state index contributed by atoms with van der Waals surface area (Å²) in [5, 5.41) is 9.87. The van der Waals surface area contributed by atoms with Gasteiger partial charge in [0.2, 0.25) is 11.8 Å². The highest BCUT2D eigenvalue weighted by atomic mass is 16.2. The molecule has 0 aliphatic heterocycles. The van der Waals surface area contributed by atoms with Gasteiger partial charge in [-0.25, -0.2) is 0 Å². The number of carbonyl (C=O) groups is 2. The topological polar surface area (TPSA) is 76.0 Å².